The van der Waals surface area contributed by atoms with E-state index in [1.165, 1.54) is 6.92 Å². The van der Waals surface area contributed by atoms with Crippen molar-refractivity contribution in [2.45, 2.75) is 19.4 Å². The maximum atomic E-state index is 10.5. The van der Waals surface area contributed by atoms with Crippen LogP contribution in [-0.4, -0.2) is 28.9 Å². The molecule has 0 aromatic heterocycles. The third kappa shape index (κ3) is 5.72. The summed E-state index contributed by atoms with van der Waals surface area (Å²) >= 11 is 3.66. The Hall–Kier alpha value is -0.710. The van der Waals surface area contributed by atoms with Crippen molar-refractivity contribution in [3.05, 3.63) is 0 Å². The van der Waals surface area contributed by atoms with Gasteiger partial charge < -0.3 is 9.84 Å². The summed E-state index contributed by atoms with van der Waals surface area (Å²) in [6, 6.07) is 0. The molecule has 0 fully saturated rings. The molecule has 5 heteroatoms. The maximum absolute atomic E-state index is 10.5. The molecule has 0 aliphatic heterocycles. The van der Waals surface area contributed by atoms with Crippen LogP contribution in [0.25, 0.3) is 0 Å². The molecule has 0 amide bonds. The maximum Gasteiger partial charge on any atom is 0.315 e. The molecule has 64 valence electrons. The van der Waals surface area contributed by atoms with E-state index in [9.17, 15) is 9.59 Å². The second kappa shape index (κ2) is 5.01. The lowest BCUT2D eigenvalue weighted by atomic mass is 10.3. The van der Waals surface area contributed by atoms with Crippen LogP contribution in [-0.2, 0) is 14.3 Å². The van der Waals surface area contributed by atoms with Gasteiger partial charge in [0.1, 0.15) is 6.10 Å². The van der Waals surface area contributed by atoms with E-state index in [1.54, 1.807) is 0 Å². The van der Waals surface area contributed by atoms with Crippen LogP contribution in [0.1, 0.15) is 13.3 Å². The Bertz CT molecular complexity index is 157. The molecule has 11 heavy (non-hydrogen) atoms. The first-order valence-electron chi connectivity index (χ1n) is 3.08. The minimum atomic E-state index is -0.982. The first-order valence-corrected chi connectivity index (χ1v) is 3.71. The number of carboxylic acids is 1. The number of rotatable bonds is 4. The van der Waals surface area contributed by atoms with Crippen LogP contribution in [0.4, 0.5) is 0 Å². The highest BCUT2D eigenvalue weighted by Gasteiger charge is 2.10. The van der Waals surface area contributed by atoms with E-state index >= 15 is 0 Å². The molecule has 1 atom stereocenters. The monoisotopic (exact) mass is 178 g/mol. The number of esters is 1. The van der Waals surface area contributed by atoms with Crippen molar-refractivity contribution >= 4 is 24.6 Å². The predicted octanol–water partition coefficient (Wildman–Crippen LogP) is 0.323. The Morgan fingerprint density at radius 3 is 2.55 bits per heavy atom. The third-order valence-electron chi connectivity index (χ3n) is 0.924. The van der Waals surface area contributed by atoms with Crippen molar-refractivity contribution in [3.8, 4) is 0 Å². The quantitative estimate of drug-likeness (QED) is 0.481. The fraction of sp³-hybridized carbons (Fsp3) is 0.667. The Labute approximate surface area is 69.9 Å². The molecule has 0 rings (SSSR count). The number of aliphatic carboxylic acids is 1. The van der Waals surface area contributed by atoms with E-state index < -0.39 is 18.0 Å². The fourth-order valence-electron chi connectivity index (χ4n) is 0.549. The average Bonchev–Trinajstić information content (AvgIpc) is 1.85. The second-order valence-electron chi connectivity index (χ2n) is 2.06. The number of thiol groups is 1. The lowest BCUT2D eigenvalue weighted by Crippen LogP contribution is -2.18. The zero-order valence-corrected chi connectivity index (χ0v) is 7.01. The van der Waals surface area contributed by atoms with Gasteiger partial charge in [-0.25, -0.2) is 0 Å². The van der Waals surface area contributed by atoms with Crippen LogP contribution < -0.4 is 0 Å². The number of carbonyl (C=O) groups is 2. The molecule has 0 aliphatic carbocycles. The minimum Gasteiger partial charge on any atom is -0.481 e. The molecule has 0 saturated carbocycles. The Kier molecular flexibility index (Phi) is 4.69. The summed E-state index contributed by atoms with van der Waals surface area (Å²) in [5.41, 5.74) is 0. The SMILES string of the molecule is CC(CC(=O)O)OC(=O)CS. The van der Waals surface area contributed by atoms with Gasteiger partial charge in [-0.2, -0.15) is 12.6 Å². The van der Waals surface area contributed by atoms with Gasteiger partial charge in [0.05, 0.1) is 12.2 Å². The highest BCUT2D eigenvalue weighted by Crippen LogP contribution is 1.98. The lowest BCUT2D eigenvalue weighted by molar-refractivity contribution is -0.149. The highest BCUT2D eigenvalue weighted by molar-refractivity contribution is 7.81. The second-order valence-corrected chi connectivity index (χ2v) is 2.37. The van der Waals surface area contributed by atoms with E-state index in [-0.39, 0.29) is 12.2 Å². The first kappa shape index (κ1) is 10.3. The average molecular weight is 178 g/mol. The molecule has 0 aromatic rings. The van der Waals surface area contributed by atoms with Crippen molar-refractivity contribution in [1.82, 2.24) is 0 Å². The van der Waals surface area contributed by atoms with Gasteiger partial charge in [-0.05, 0) is 6.92 Å². The summed E-state index contributed by atoms with van der Waals surface area (Å²) in [7, 11) is 0. The lowest BCUT2D eigenvalue weighted by Gasteiger charge is -2.08. The van der Waals surface area contributed by atoms with Crippen molar-refractivity contribution in [2.75, 3.05) is 5.75 Å². The zero-order chi connectivity index (χ0) is 8.85. The molecule has 4 nitrogen and oxygen atoms in total. The Morgan fingerprint density at radius 1 is 1.64 bits per heavy atom. The topological polar surface area (TPSA) is 63.6 Å². The van der Waals surface area contributed by atoms with E-state index in [4.69, 9.17) is 5.11 Å². The number of hydrogen-bond donors (Lipinski definition) is 2. The molecule has 0 heterocycles. The molecule has 0 saturated heterocycles. The molecular weight excluding hydrogens is 168 g/mol. The molecule has 0 aromatic carbocycles. The van der Waals surface area contributed by atoms with Gasteiger partial charge in [0.15, 0.2) is 0 Å². The summed E-state index contributed by atoms with van der Waals surface area (Å²) in [5.74, 6) is -1.50. The van der Waals surface area contributed by atoms with Gasteiger partial charge in [0, 0.05) is 0 Å². The van der Waals surface area contributed by atoms with E-state index in [2.05, 4.69) is 17.4 Å². The number of carboxylic acid groups (broad SMARTS) is 1. The smallest absolute Gasteiger partial charge is 0.315 e. The summed E-state index contributed by atoms with van der Waals surface area (Å²) in [5, 5.41) is 8.26. The van der Waals surface area contributed by atoms with Crippen molar-refractivity contribution in [1.29, 1.82) is 0 Å². The number of carbonyl (C=O) groups excluding carboxylic acids is 1. The van der Waals surface area contributed by atoms with Crippen LogP contribution in [0.15, 0.2) is 0 Å². The minimum absolute atomic E-state index is 0.0239. The van der Waals surface area contributed by atoms with E-state index in [0.29, 0.717) is 0 Å². The van der Waals surface area contributed by atoms with Crippen molar-refractivity contribution in [3.63, 3.8) is 0 Å². The molecular formula is C6H10O4S. The van der Waals surface area contributed by atoms with Gasteiger partial charge in [-0.15, -0.1) is 0 Å². The van der Waals surface area contributed by atoms with Gasteiger partial charge in [-0.1, -0.05) is 0 Å². The van der Waals surface area contributed by atoms with Crippen LogP contribution in [0.3, 0.4) is 0 Å². The standard InChI is InChI=1S/C6H10O4S/c1-4(2-5(7)8)10-6(9)3-11/h4,11H,2-3H2,1H3,(H,7,8). The molecule has 1 unspecified atom stereocenters. The van der Waals surface area contributed by atoms with Crippen molar-refractivity contribution in [2.24, 2.45) is 0 Å². The van der Waals surface area contributed by atoms with Crippen LogP contribution in [0, 0.1) is 0 Å². The Balaban J connectivity index is 3.60. The zero-order valence-electron chi connectivity index (χ0n) is 6.11. The molecule has 0 spiro atoms. The largest absolute Gasteiger partial charge is 0.481 e. The number of hydrogen-bond acceptors (Lipinski definition) is 4. The molecule has 0 bridgehead atoms. The fourth-order valence-corrected chi connectivity index (χ4v) is 0.624. The van der Waals surface area contributed by atoms with Crippen LogP contribution in [0.2, 0.25) is 0 Å². The molecule has 1 N–H and O–H groups in total. The summed E-state index contributed by atoms with van der Waals surface area (Å²) < 4.78 is 4.61. The molecule has 0 radical (unpaired) electrons. The predicted molar refractivity (Wildman–Crippen MR) is 41.7 cm³/mol. The normalized spacial score (nSPS) is 12.2. The summed E-state index contributed by atoms with van der Waals surface area (Å²) in [6.07, 6.45) is -0.744. The van der Waals surface area contributed by atoms with E-state index in [0.717, 1.165) is 0 Å². The Morgan fingerprint density at radius 2 is 2.18 bits per heavy atom. The molecule has 0 aliphatic rings. The summed E-state index contributed by atoms with van der Waals surface area (Å²) in [4.78, 5) is 20.6. The van der Waals surface area contributed by atoms with Gasteiger partial charge in [0.2, 0.25) is 0 Å². The van der Waals surface area contributed by atoms with Gasteiger partial charge >= 0.3 is 11.9 Å². The van der Waals surface area contributed by atoms with Gasteiger partial charge in [0.25, 0.3) is 0 Å². The van der Waals surface area contributed by atoms with E-state index in [1.807, 2.05) is 0 Å². The number of ether oxygens (including phenoxy) is 1. The van der Waals surface area contributed by atoms with Crippen LogP contribution in [0.5, 0.6) is 0 Å². The third-order valence-corrected chi connectivity index (χ3v) is 1.18. The highest BCUT2D eigenvalue weighted by atomic mass is 32.1. The summed E-state index contributed by atoms with van der Waals surface area (Å²) in [6.45, 7) is 1.52. The van der Waals surface area contributed by atoms with Crippen LogP contribution >= 0.6 is 12.6 Å². The first-order chi connectivity index (χ1) is 5.06. The van der Waals surface area contributed by atoms with Crippen molar-refractivity contribution < 1.29 is 19.4 Å². The van der Waals surface area contributed by atoms with Gasteiger partial charge in [-0.3, -0.25) is 9.59 Å².